The van der Waals surface area contributed by atoms with Gasteiger partial charge in [0, 0.05) is 6.21 Å². The molecule has 0 aliphatic rings. The van der Waals surface area contributed by atoms with Gasteiger partial charge in [-0.2, -0.15) is 0 Å². The fraction of sp³-hybridized carbons (Fsp3) is 0.111. The van der Waals surface area contributed by atoms with Crippen molar-refractivity contribution in [2.24, 2.45) is 4.99 Å². The molecule has 1 heterocycles. The summed E-state index contributed by atoms with van der Waals surface area (Å²) in [7, 11) is 0. The first-order chi connectivity index (χ1) is 10.8. The average molecular weight is 293 g/mol. The Morgan fingerprint density at radius 1 is 1.14 bits per heavy atom. The van der Waals surface area contributed by atoms with E-state index in [2.05, 4.69) is 4.99 Å². The topological polar surface area (TPSA) is 51.8 Å². The van der Waals surface area contributed by atoms with Crippen LogP contribution >= 0.6 is 0 Å². The van der Waals surface area contributed by atoms with Gasteiger partial charge in [-0.1, -0.05) is 12.1 Å². The summed E-state index contributed by atoms with van der Waals surface area (Å²) in [5.74, 6) is 0.798. The third-order valence-electron chi connectivity index (χ3n) is 3.21. The third kappa shape index (κ3) is 2.91. The highest BCUT2D eigenvalue weighted by molar-refractivity contribution is 5.87. The van der Waals surface area contributed by atoms with Crippen LogP contribution in [0.2, 0.25) is 0 Å². The summed E-state index contributed by atoms with van der Waals surface area (Å²) in [5, 5.41) is 0.554. The van der Waals surface area contributed by atoms with Crippen molar-refractivity contribution in [1.29, 1.82) is 0 Å². The van der Waals surface area contributed by atoms with Gasteiger partial charge in [-0.15, -0.1) is 0 Å². The molecule has 110 valence electrons. The van der Waals surface area contributed by atoms with Gasteiger partial charge in [-0.25, -0.2) is 0 Å². The van der Waals surface area contributed by atoms with Gasteiger partial charge in [0.15, 0.2) is 0 Å². The predicted molar refractivity (Wildman–Crippen MR) is 87.3 cm³/mol. The van der Waals surface area contributed by atoms with Crippen LogP contribution < -0.4 is 10.2 Å². The lowest BCUT2D eigenvalue weighted by molar-refractivity contribution is 0.340. The molecule has 4 nitrogen and oxygen atoms in total. The monoisotopic (exact) mass is 293 g/mol. The summed E-state index contributed by atoms with van der Waals surface area (Å²) in [5.41, 5.74) is 1.66. The molecule has 0 radical (unpaired) electrons. The molecule has 4 heteroatoms. The van der Waals surface area contributed by atoms with Gasteiger partial charge in [0.25, 0.3) is 0 Å². The van der Waals surface area contributed by atoms with Gasteiger partial charge in [0.05, 0.1) is 23.2 Å². The molecule has 0 amide bonds. The van der Waals surface area contributed by atoms with Crippen LogP contribution in [0.15, 0.2) is 69.0 Å². The fourth-order valence-corrected chi connectivity index (χ4v) is 2.12. The molecule has 0 saturated carbocycles. The molecule has 0 aliphatic carbocycles. The highest BCUT2D eigenvalue weighted by Gasteiger charge is 2.04. The van der Waals surface area contributed by atoms with Crippen LogP contribution in [0.3, 0.4) is 0 Å². The minimum absolute atomic E-state index is 0.0865. The number of rotatable bonds is 4. The Morgan fingerprint density at radius 2 is 1.91 bits per heavy atom. The van der Waals surface area contributed by atoms with Gasteiger partial charge in [0.2, 0.25) is 5.43 Å². The summed E-state index contributed by atoms with van der Waals surface area (Å²) >= 11 is 0. The zero-order chi connectivity index (χ0) is 15.4. The van der Waals surface area contributed by atoms with Crippen molar-refractivity contribution < 1.29 is 9.15 Å². The molecule has 0 aliphatic heterocycles. The van der Waals surface area contributed by atoms with Gasteiger partial charge in [0.1, 0.15) is 17.6 Å². The lowest BCUT2D eigenvalue weighted by Gasteiger charge is -2.02. The predicted octanol–water partition coefficient (Wildman–Crippen LogP) is 3.94. The van der Waals surface area contributed by atoms with Gasteiger partial charge < -0.3 is 9.15 Å². The Bertz CT molecular complexity index is 863. The second-order valence-electron chi connectivity index (χ2n) is 4.70. The van der Waals surface area contributed by atoms with Gasteiger partial charge in [-0.05, 0) is 43.3 Å². The van der Waals surface area contributed by atoms with E-state index in [0.717, 1.165) is 11.4 Å². The number of nitrogens with zero attached hydrogens (tertiary/aromatic N) is 1. The molecule has 0 spiro atoms. The first kappa shape index (κ1) is 14.1. The number of fused-ring (bicyclic) bond motifs is 1. The average Bonchev–Trinajstić information content (AvgIpc) is 2.56. The Labute approximate surface area is 127 Å². The normalized spacial score (nSPS) is 11.1. The molecule has 0 fully saturated rings. The van der Waals surface area contributed by atoms with Crippen molar-refractivity contribution >= 4 is 22.9 Å². The smallest absolute Gasteiger partial charge is 0.201 e. The van der Waals surface area contributed by atoms with Crippen molar-refractivity contribution in [3.63, 3.8) is 0 Å². The molecule has 0 N–H and O–H groups in total. The SMILES string of the molecule is CCOc1ccc(N=Cc2coc3ccccc3c2=O)cc1. The van der Waals surface area contributed by atoms with Crippen LogP contribution in [0.5, 0.6) is 5.75 Å². The molecule has 0 atom stereocenters. The van der Waals surface area contributed by atoms with E-state index in [9.17, 15) is 4.79 Å². The van der Waals surface area contributed by atoms with E-state index < -0.39 is 0 Å². The maximum Gasteiger partial charge on any atom is 0.201 e. The van der Waals surface area contributed by atoms with E-state index in [0.29, 0.717) is 23.1 Å². The summed E-state index contributed by atoms with van der Waals surface area (Å²) < 4.78 is 10.8. The van der Waals surface area contributed by atoms with Crippen molar-refractivity contribution in [3.8, 4) is 5.75 Å². The molecule has 0 unspecified atom stereocenters. The molecule has 22 heavy (non-hydrogen) atoms. The molecule has 0 saturated heterocycles. The van der Waals surface area contributed by atoms with Crippen LogP contribution in [0.1, 0.15) is 12.5 Å². The van der Waals surface area contributed by atoms with Crippen molar-refractivity contribution in [1.82, 2.24) is 0 Å². The summed E-state index contributed by atoms with van der Waals surface area (Å²) in [6.07, 6.45) is 2.96. The van der Waals surface area contributed by atoms with Crippen LogP contribution in [0.4, 0.5) is 5.69 Å². The molecule has 1 aromatic heterocycles. The van der Waals surface area contributed by atoms with E-state index in [4.69, 9.17) is 9.15 Å². The molecule has 2 aromatic carbocycles. The van der Waals surface area contributed by atoms with E-state index in [1.165, 1.54) is 12.5 Å². The van der Waals surface area contributed by atoms with E-state index in [-0.39, 0.29) is 5.43 Å². The zero-order valence-electron chi connectivity index (χ0n) is 12.2. The van der Waals surface area contributed by atoms with Crippen molar-refractivity contribution in [2.45, 2.75) is 6.92 Å². The molecule has 3 rings (SSSR count). The minimum Gasteiger partial charge on any atom is -0.494 e. The molecule has 0 bridgehead atoms. The number of hydrogen-bond acceptors (Lipinski definition) is 4. The largest absolute Gasteiger partial charge is 0.494 e. The number of benzene rings is 2. The number of ether oxygens (including phenoxy) is 1. The highest BCUT2D eigenvalue weighted by atomic mass is 16.5. The first-order valence-electron chi connectivity index (χ1n) is 7.05. The Kier molecular flexibility index (Phi) is 4.01. The number of para-hydroxylation sites is 1. The lowest BCUT2D eigenvalue weighted by Crippen LogP contribution is -2.07. The van der Waals surface area contributed by atoms with Crippen LogP contribution in [0.25, 0.3) is 11.0 Å². The fourth-order valence-electron chi connectivity index (χ4n) is 2.12. The van der Waals surface area contributed by atoms with E-state index in [1.807, 2.05) is 43.3 Å². The Hall–Kier alpha value is -2.88. The van der Waals surface area contributed by atoms with E-state index >= 15 is 0 Å². The summed E-state index contributed by atoms with van der Waals surface area (Å²) in [4.78, 5) is 16.6. The molecular formula is C18H15NO3. The van der Waals surface area contributed by atoms with Crippen LogP contribution in [0, 0.1) is 0 Å². The quantitative estimate of drug-likeness (QED) is 0.684. The molecular weight excluding hydrogens is 278 g/mol. The van der Waals surface area contributed by atoms with Crippen molar-refractivity contribution in [2.75, 3.05) is 6.61 Å². The second kappa shape index (κ2) is 6.26. The Balaban J connectivity index is 1.89. The maximum absolute atomic E-state index is 12.3. The zero-order valence-corrected chi connectivity index (χ0v) is 12.2. The highest BCUT2D eigenvalue weighted by Crippen LogP contribution is 2.18. The van der Waals surface area contributed by atoms with Crippen LogP contribution in [-0.4, -0.2) is 12.8 Å². The third-order valence-corrected chi connectivity index (χ3v) is 3.21. The van der Waals surface area contributed by atoms with Crippen LogP contribution in [-0.2, 0) is 0 Å². The standard InChI is InChI=1S/C18H15NO3/c1-2-21-15-9-7-14(8-10-15)19-11-13-12-22-17-6-4-3-5-16(17)18(13)20/h3-12H,2H2,1H3. The summed E-state index contributed by atoms with van der Waals surface area (Å²) in [6, 6.07) is 14.5. The number of aliphatic imine (C=N–C) groups is 1. The minimum atomic E-state index is -0.0865. The van der Waals surface area contributed by atoms with E-state index in [1.54, 1.807) is 12.1 Å². The Morgan fingerprint density at radius 3 is 2.68 bits per heavy atom. The maximum atomic E-state index is 12.3. The van der Waals surface area contributed by atoms with Gasteiger partial charge in [-0.3, -0.25) is 9.79 Å². The van der Waals surface area contributed by atoms with Gasteiger partial charge >= 0.3 is 0 Å². The molecule has 3 aromatic rings. The summed E-state index contributed by atoms with van der Waals surface area (Å²) in [6.45, 7) is 2.56. The first-order valence-corrected chi connectivity index (χ1v) is 7.05. The van der Waals surface area contributed by atoms with Crippen molar-refractivity contribution in [3.05, 3.63) is 70.6 Å². The lowest BCUT2D eigenvalue weighted by atomic mass is 10.2. The number of hydrogen-bond donors (Lipinski definition) is 0. The second-order valence-corrected chi connectivity index (χ2v) is 4.70.